The van der Waals surface area contributed by atoms with E-state index in [1.54, 1.807) is 102 Å². The molecule has 0 saturated heterocycles. The maximum absolute atomic E-state index is 12.5. The lowest BCUT2D eigenvalue weighted by atomic mass is 10.1. The highest BCUT2D eigenvalue weighted by molar-refractivity contribution is 7.17. The van der Waals surface area contributed by atoms with Crippen molar-refractivity contribution in [1.82, 2.24) is 91.5 Å². The molecule has 596 valence electrons. The number of ketones is 1. The fourth-order valence-electron chi connectivity index (χ4n) is 9.48. The number of hydrogen-bond donors (Lipinski definition) is 6. The molecule has 0 unspecified atom stereocenters. The van der Waals surface area contributed by atoms with Crippen molar-refractivity contribution in [2.24, 2.45) is 11.6 Å². The van der Waals surface area contributed by atoms with E-state index >= 15 is 0 Å². The molecule has 0 aliphatic heterocycles. The van der Waals surface area contributed by atoms with Crippen LogP contribution in [0.4, 0.5) is 0 Å². The number of nitrogen functional groups attached to an aromatic ring is 1. The monoisotopic (exact) mass is 1640 g/mol. The van der Waals surface area contributed by atoms with Gasteiger partial charge in [0, 0.05) is 145 Å². The molecule has 3 amide bonds. The van der Waals surface area contributed by atoms with Gasteiger partial charge in [-0.3, -0.25) is 74.3 Å². The van der Waals surface area contributed by atoms with E-state index in [1.165, 1.54) is 35.1 Å². The van der Waals surface area contributed by atoms with Gasteiger partial charge in [-0.1, -0.05) is 46.1 Å². The third-order valence-corrected chi connectivity index (χ3v) is 18.3. The van der Waals surface area contributed by atoms with Crippen LogP contribution in [-0.4, -0.2) is 160 Å². The quantitative estimate of drug-likeness (QED) is 0.00640. The van der Waals surface area contributed by atoms with Crippen molar-refractivity contribution in [3.05, 3.63) is 241 Å². The number of nitrogens with two attached hydrogens (primary N) is 2. The van der Waals surface area contributed by atoms with E-state index in [0.29, 0.717) is 50.9 Å². The van der Waals surface area contributed by atoms with Crippen molar-refractivity contribution in [1.29, 1.82) is 0 Å². The number of aryl methyl sites for hydroxylation is 9. The first-order valence-electron chi connectivity index (χ1n) is 34.7. The maximum atomic E-state index is 12.5. The van der Waals surface area contributed by atoms with Crippen LogP contribution in [0.3, 0.4) is 0 Å². The van der Waals surface area contributed by atoms with Gasteiger partial charge in [0.25, 0.3) is 11.8 Å². The van der Waals surface area contributed by atoms with E-state index < -0.39 is 35.0 Å². The number of carbonyl (C=O) groups excluding carboxylic acids is 8. The highest BCUT2D eigenvalue weighted by Crippen LogP contribution is 2.29. The molecular formula is C78H81ClN20O13S3. The highest BCUT2D eigenvalue weighted by Gasteiger charge is 2.21. The molecule has 8 N–H and O–H groups in total. The third-order valence-electron chi connectivity index (χ3n) is 15.3. The van der Waals surface area contributed by atoms with Crippen LogP contribution in [-0.2, 0) is 46.5 Å². The van der Waals surface area contributed by atoms with E-state index in [2.05, 4.69) is 109 Å². The third kappa shape index (κ3) is 28.5. The van der Waals surface area contributed by atoms with Gasteiger partial charge in [0.05, 0.1) is 43.3 Å². The van der Waals surface area contributed by atoms with Crippen LogP contribution in [0, 0.1) is 62.3 Å². The minimum Gasteiger partial charge on any atom is -0.476 e. The zero-order chi connectivity index (χ0) is 84.1. The fourth-order valence-corrected chi connectivity index (χ4v) is 11.9. The van der Waals surface area contributed by atoms with Gasteiger partial charge < -0.3 is 35.7 Å². The number of carbonyl (C=O) groups is 9. The molecular weight excluding hydrogens is 1560 g/mol. The number of aromatic carboxylic acids is 1. The van der Waals surface area contributed by atoms with Crippen LogP contribution in [0.5, 0.6) is 0 Å². The van der Waals surface area contributed by atoms with Gasteiger partial charge >= 0.3 is 35.0 Å². The first-order chi connectivity index (χ1) is 55.1. The lowest BCUT2D eigenvalue weighted by Crippen LogP contribution is -2.36. The van der Waals surface area contributed by atoms with E-state index in [9.17, 15) is 43.2 Å². The lowest BCUT2D eigenvalue weighted by molar-refractivity contribution is -0.154. The van der Waals surface area contributed by atoms with Gasteiger partial charge in [0.1, 0.15) is 15.0 Å². The Morgan fingerprint density at radius 3 is 1.27 bits per heavy atom. The van der Waals surface area contributed by atoms with Gasteiger partial charge in [0.15, 0.2) is 5.78 Å². The normalized spacial score (nSPS) is 10.1. The summed E-state index contributed by atoms with van der Waals surface area (Å²) in [5.41, 5.74) is 26.0. The molecule has 0 aliphatic carbocycles. The lowest BCUT2D eigenvalue weighted by Gasteiger charge is -2.09. The number of carboxylic acids is 1. The second-order valence-electron chi connectivity index (χ2n) is 23.8. The molecule has 12 heterocycles. The Bertz CT molecular complexity index is 5360. The maximum Gasteiger partial charge on any atom is 0.396 e. The molecule has 12 rings (SSSR count). The fraction of sp³-hybridized carbons (Fsp3) is 0.231. The molecule has 0 spiro atoms. The van der Waals surface area contributed by atoms with Crippen LogP contribution in [0.25, 0.3) is 54.2 Å². The first-order valence-corrected chi connectivity index (χ1v) is 37.5. The SMILES string of the molecule is CCOC(=O)C(=O)Cl.CCOC(=O)C(=O)NCC(=O)c1cnccc1C.CCOC(=O)c1nnc(-c2cnccc2C)s1.Cc1cc(-c2ncc(CN)cc2C)ccn1.Cc1cc(-c2ncc(CNC(=O)c3nnc(-c4cnccc4C)s3)cc2C)ccn1.Cc1ccncc1-c1nnc(C(=O)O)s1.Cc1ccncc1C(=O)NN. The van der Waals surface area contributed by atoms with Gasteiger partial charge in [-0.2, -0.15) is 0 Å². The molecule has 0 aromatic carbocycles. The number of esters is 3. The second kappa shape index (κ2) is 46.6. The van der Waals surface area contributed by atoms with Crippen LogP contribution < -0.4 is 27.6 Å². The summed E-state index contributed by atoms with van der Waals surface area (Å²) in [6.45, 7) is 23.6. The van der Waals surface area contributed by atoms with E-state index in [1.807, 2.05) is 115 Å². The number of ether oxygens (including phenoxy) is 3. The number of pyridine rings is 9. The number of nitrogens with zero attached hydrogens (tertiary/aromatic N) is 15. The van der Waals surface area contributed by atoms with Crippen molar-refractivity contribution in [3.63, 3.8) is 0 Å². The Balaban J connectivity index is 0.000000216. The van der Waals surface area contributed by atoms with E-state index in [-0.39, 0.29) is 47.4 Å². The van der Waals surface area contributed by atoms with Gasteiger partial charge in [-0.05, 0) is 199 Å². The zero-order valence-electron chi connectivity index (χ0n) is 64.5. The topological polar surface area (TPSA) is 483 Å². The van der Waals surface area contributed by atoms with Crippen molar-refractivity contribution in [2.75, 3.05) is 26.4 Å². The van der Waals surface area contributed by atoms with Gasteiger partial charge in [-0.25, -0.2) is 25.0 Å². The van der Waals surface area contributed by atoms with Crippen molar-refractivity contribution >= 4 is 98.2 Å². The Morgan fingerprint density at radius 2 is 0.861 bits per heavy atom. The number of carboxylic acid groups (broad SMARTS) is 1. The van der Waals surface area contributed by atoms with Crippen LogP contribution >= 0.6 is 45.6 Å². The van der Waals surface area contributed by atoms with Crippen LogP contribution in [0.15, 0.2) is 153 Å². The Labute approximate surface area is 677 Å². The molecule has 33 nitrogen and oxygen atoms in total. The molecule has 0 radical (unpaired) electrons. The molecule has 12 aromatic rings. The average Bonchev–Trinajstić information content (AvgIpc) is 1.65. The molecule has 37 heteroatoms. The molecule has 0 atom stereocenters. The summed E-state index contributed by atoms with van der Waals surface area (Å²) in [7, 11) is 0. The molecule has 115 heavy (non-hydrogen) atoms. The summed E-state index contributed by atoms with van der Waals surface area (Å²) < 4.78 is 13.5. The number of Topliss-reactive ketones (excluding diaryl/α,β-unsaturated/α-hetero) is 1. The number of halogens is 1. The number of hydrogen-bond acceptors (Lipinski definition) is 32. The Kier molecular flexibility index (Phi) is 36.8. The summed E-state index contributed by atoms with van der Waals surface area (Å²) in [6.07, 6.45) is 23.5. The molecule has 0 bridgehead atoms. The summed E-state index contributed by atoms with van der Waals surface area (Å²) in [6, 6.07) is 21.2. The van der Waals surface area contributed by atoms with Crippen LogP contribution in [0.1, 0.15) is 132 Å². The smallest absolute Gasteiger partial charge is 0.396 e. The average molecular weight is 1640 g/mol. The van der Waals surface area contributed by atoms with Gasteiger partial charge in [-0.15, -0.1) is 30.6 Å². The Hall–Kier alpha value is -13.1. The summed E-state index contributed by atoms with van der Waals surface area (Å²) in [5.74, 6) is -0.325. The Morgan fingerprint density at radius 1 is 0.443 bits per heavy atom. The number of rotatable bonds is 19. The highest BCUT2D eigenvalue weighted by atomic mass is 35.5. The van der Waals surface area contributed by atoms with Crippen molar-refractivity contribution < 1.29 is 62.5 Å². The summed E-state index contributed by atoms with van der Waals surface area (Å²) in [5, 5.41) is 38.6. The molecule has 0 aliphatic rings. The van der Waals surface area contributed by atoms with E-state index in [0.717, 1.165) is 112 Å². The predicted molar refractivity (Wildman–Crippen MR) is 431 cm³/mol. The molecule has 0 fully saturated rings. The number of hydrazine groups is 1. The standard InChI is InChI=1S/C22H20N6OS.C13H15N3.C12H14N2O4.C11H11N3O2S.C9H7N3O2S.C7H9N3O.C4H5ClO3/c1-13-4-6-23-12-18(13)21-27-28-22(30-21)20(29)26-11-16-8-14(2)19(25-10-16)17-5-7-24-15(3)9-17;1-9-5-11(7-14)8-16-13(9)12-3-4-15-10(2)6-12;1-3-18-12(17)11(16)14-7-10(15)9-6-13-5-4-8(9)2;1-3-16-11(15)10-14-13-9(17-10)8-6-12-5-4-7(8)2;1-5-2-3-10-4-6(5)7-11-12-8(15-7)9(13)14;1-5-2-3-9-4-6(5)7(11)10-8;1-2-8-4(7)3(5)6/h4-10,12H,11H2,1-3H3,(H,26,29);3-6,8H,7,14H2,1-2H3;4-6H,3,7H2,1-2H3,(H,14,16);4-6H,3H2,1-2H3;2-4H,1H3,(H,13,14);2-4H,8H2,1H3,(H,10,11);2H2,1H3. The predicted octanol–water partition coefficient (Wildman–Crippen LogP) is 10.4. The first kappa shape index (κ1) is 90.8. The second-order valence-corrected chi connectivity index (χ2v) is 27.1. The van der Waals surface area contributed by atoms with E-state index in [4.69, 9.17) is 33.0 Å². The minimum atomic E-state index is -1.08. The summed E-state index contributed by atoms with van der Waals surface area (Å²) in [4.78, 5) is 137. The van der Waals surface area contributed by atoms with Crippen molar-refractivity contribution in [3.8, 4) is 54.2 Å². The summed E-state index contributed by atoms with van der Waals surface area (Å²) >= 11 is 8.20. The van der Waals surface area contributed by atoms with Gasteiger partial charge in [0.2, 0.25) is 15.0 Å². The number of amides is 3. The van der Waals surface area contributed by atoms with Crippen LogP contribution in [0.2, 0.25) is 0 Å². The molecule has 12 aromatic heterocycles. The largest absolute Gasteiger partial charge is 0.476 e. The molecule has 0 saturated carbocycles. The number of aromatic nitrogens is 15. The van der Waals surface area contributed by atoms with Crippen molar-refractivity contribution in [2.45, 2.75) is 96.2 Å². The number of nitrogens with one attached hydrogen (secondary N) is 3. The minimum absolute atomic E-state index is 0.00625. The zero-order valence-corrected chi connectivity index (χ0v) is 67.7.